The Kier molecular flexibility index (Phi) is 4.53. The molecule has 2 rings (SSSR count). The van der Waals surface area contributed by atoms with Crippen LogP contribution in [0, 0.1) is 5.82 Å². The van der Waals surface area contributed by atoms with Crippen molar-refractivity contribution in [1.82, 2.24) is 4.31 Å². The lowest BCUT2D eigenvalue weighted by molar-refractivity contribution is 0.0752. The predicted octanol–water partition coefficient (Wildman–Crippen LogP) is 1.86. The molecular weight excluding hydrogens is 307 g/mol. The van der Waals surface area contributed by atoms with Crippen LogP contribution in [0.1, 0.15) is 13.3 Å². The molecular formula is C12H16ClFN2O3S. The molecule has 0 spiro atoms. The molecule has 0 bridgehead atoms. The lowest BCUT2D eigenvalue weighted by atomic mass is 10.3. The molecule has 1 aromatic rings. The Morgan fingerprint density at radius 3 is 2.90 bits per heavy atom. The first-order chi connectivity index (χ1) is 9.32. The Hall–Kier alpha value is -0.890. The van der Waals surface area contributed by atoms with Gasteiger partial charge in [0, 0.05) is 25.4 Å². The highest BCUT2D eigenvalue weighted by Crippen LogP contribution is 2.28. The number of hydrogen-bond acceptors (Lipinski definition) is 4. The molecule has 0 amide bonds. The van der Waals surface area contributed by atoms with E-state index in [1.54, 1.807) is 6.92 Å². The van der Waals surface area contributed by atoms with E-state index >= 15 is 0 Å². The first kappa shape index (κ1) is 15.5. The minimum absolute atomic E-state index is 0.106. The van der Waals surface area contributed by atoms with Gasteiger partial charge in [-0.1, -0.05) is 11.6 Å². The number of sulfonamides is 1. The summed E-state index contributed by atoms with van der Waals surface area (Å²) in [5, 5.41) is -0.303. The summed E-state index contributed by atoms with van der Waals surface area (Å²) >= 11 is 5.66. The molecule has 1 heterocycles. The van der Waals surface area contributed by atoms with E-state index < -0.39 is 20.7 Å². The van der Waals surface area contributed by atoms with Crippen LogP contribution in [-0.2, 0) is 14.8 Å². The molecule has 8 heteroatoms. The third kappa shape index (κ3) is 3.06. The first-order valence-electron chi connectivity index (χ1n) is 6.18. The van der Waals surface area contributed by atoms with Crippen LogP contribution < -0.4 is 5.73 Å². The largest absolute Gasteiger partial charge is 0.399 e. The zero-order valence-electron chi connectivity index (χ0n) is 11.0. The molecule has 0 radical (unpaired) electrons. The quantitative estimate of drug-likeness (QED) is 0.844. The fraction of sp³-hybridized carbons (Fsp3) is 0.500. The third-order valence-electron chi connectivity index (χ3n) is 3.05. The van der Waals surface area contributed by atoms with Gasteiger partial charge in [-0.05, 0) is 25.5 Å². The van der Waals surface area contributed by atoms with Gasteiger partial charge in [0.1, 0.15) is 4.90 Å². The summed E-state index contributed by atoms with van der Waals surface area (Å²) < 4.78 is 45.7. The molecule has 0 aliphatic carbocycles. The summed E-state index contributed by atoms with van der Waals surface area (Å²) in [5.41, 5.74) is 5.66. The van der Waals surface area contributed by atoms with Crippen molar-refractivity contribution in [3.8, 4) is 0 Å². The molecule has 1 aliphatic rings. The van der Waals surface area contributed by atoms with Gasteiger partial charge in [0.15, 0.2) is 5.82 Å². The van der Waals surface area contributed by atoms with Crippen molar-refractivity contribution in [3.63, 3.8) is 0 Å². The second-order valence-electron chi connectivity index (χ2n) is 4.71. The van der Waals surface area contributed by atoms with Gasteiger partial charge in [-0.25, -0.2) is 12.8 Å². The van der Waals surface area contributed by atoms with E-state index in [-0.39, 0.29) is 29.9 Å². The van der Waals surface area contributed by atoms with Crippen LogP contribution in [0.4, 0.5) is 10.1 Å². The number of hydrogen-bond donors (Lipinski definition) is 1. The number of nitrogen functional groups attached to an aromatic ring is 1. The number of rotatable bonds is 2. The van der Waals surface area contributed by atoms with Crippen molar-refractivity contribution >= 4 is 27.3 Å². The van der Waals surface area contributed by atoms with Crippen LogP contribution >= 0.6 is 11.6 Å². The number of nitrogens with zero attached hydrogens (tertiary/aromatic N) is 1. The van der Waals surface area contributed by atoms with Crippen molar-refractivity contribution < 1.29 is 17.5 Å². The lowest BCUT2D eigenvalue weighted by Gasteiger charge is -2.22. The Morgan fingerprint density at radius 1 is 1.50 bits per heavy atom. The summed E-state index contributed by atoms with van der Waals surface area (Å²) in [6, 6.07) is 2.27. The van der Waals surface area contributed by atoms with E-state index in [4.69, 9.17) is 22.1 Å². The van der Waals surface area contributed by atoms with Gasteiger partial charge < -0.3 is 10.5 Å². The Balaban J connectivity index is 2.44. The number of halogens is 2. The topological polar surface area (TPSA) is 72.6 Å². The average Bonchev–Trinajstić information content (AvgIpc) is 2.58. The van der Waals surface area contributed by atoms with E-state index in [1.165, 1.54) is 10.4 Å². The van der Waals surface area contributed by atoms with E-state index in [0.717, 1.165) is 6.07 Å². The van der Waals surface area contributed by atoms with Crippen LogP contribution in [0.25, 0.3) is 0 Å². The van der Waals surface area contributed by atoms with Gasteiger partial charge in [0.05, 0.1) is 11.1 Å². The smallest absolute Gasteiger partial charge is 0.246 e. The van der Waals surface area contributed by atoms with E-state index in [0.29, 0.717) is 13.0 Å². The molecule has 112 valence electrons. The maximum absolute atomic E-state index is 14.0. The fourth-order valence-corrected chi connectivity index (χ4v) is 4.04. The molecule has 20 heavy (non-hydrogen) atoms. The van der Waals surface area contributed by atoms with Gasteiger partial charge >= 0.3 is 0 Å². The van der Waals surface area contributed by atoms with Crippen LogP contribution in [0.5, 0.6) is 0 Å². The van der Waals surface area contributed by atoms with Crippen LogP contribution in [0.15, 0.2) is 17.0 Å². The standard InChI is InChI=1S/C12H16ClFN2O3S/c1-8-7-16(3-2-4-19-8)20(17,18)11-6-9(15)5-10(13)12(11)14/h5-6,8H,2-4,7,15H2,1H3. The minimum atomic E-state index is -3.98. The van der Waals surface area contributed by atoms with Crippen molar-refractivity contribution in [1.29, 1.82) is 0 Å². The fourth-order valence-electron chi connectivity index (χ4n) is 2.09. The van der Waals surface area contributed by atoms with Crippen LogP contribution in [-0.4, -0.2) is 38.5 Å². The van der Waals surface area contributed by atoms with Crippen molar-refractivity contribution in [2.75, 3.05) is 25.4 Å². The normalized spacial score (nSPS) is 21.6. The number of ether oxygens (including phenoxy) is 1. The van der Waals surface area contributed by atoms with E-state index in [9.17, 15) is 12.8 Å². The average molecular weight is 323 g/mol. The van der Waals surface area contributed by atoms with Gasteiger partial charge in [0.25, 0.3) is 0 Å². The number of anilines is 1. The third-order valence-corrected chi connectivity index (χ3v) is 5.19. The number of nitrogens with two attached hydrogens (primary N) is 1. The summed E-state index contributed by atoms with van der Waals surface area (Å²) in [6.45, 7) is 2.70. The minimum Gasteiger partial charge on any atom is -0.399 e. The molecule has 1 atom stereocenters. The summed E-state index contributed by atoms with van der Waals surface area (Å²) in [6.07, 6.45) is 0.313. The number of benzene rings is 1. The highest BCUT2D eigenvalue weighted by Gasteiger charge is 2.31. The molecule has 2 N–H and O–H groups in total. The van der Waals surface area contributed by atoms with Crippen LogP contribution in [0.2, 0.25) is 5.02 Å². The van der Waals surface area contributed by atoms with Gasteiger partial charge in [-0.3, -0.25) is 0 Å². The maximum Gasteiger partial charge on any atom is 0.246 e. The molecule has 1 unspecified atom stereocenters. The highest BCUT2D eigenvalue weighted by molar-refractivity contribution is 7.89. The van der Waals surface area contributed by atoms with E-state index in [1.807, 2.05) is 0 Å². The van der Waals surface area contributed by atoms with Crippen molar-refractivity contribution in [2.24, 2.45) is 0 Å². The van der Waals surface area contributed by atoms with Gasteiger partial charge in [-0.15, -0.1) is 0 Å². The monoisotopic (exact) mass is 322 g/mol. The van der Waals surface area contributed by atoms with Crippen LogP contribution in [0.3, 0.4) is 0 Å². The molecule has 0 saturated carbocycles. The maximum atomic E-state index is 14.0. The molecule has 1 aliphatic heterocycles. The zero-order chi connectivity index (χ0) is 14.9. The predicted molar refractivity (Wildman–Crippen MR) is 74.6 cm³/mol. The molecule has 0 aromatic heterocycles. The second kappa shape index (κ2) is 5.85. The Bertz CT molecular complexity index is 609. The summed E-state index contributed by atoms with van der Waals surface area (Å²) in [5.74, 6) is -0.973. The molecule has 1 saturated heterocycles. The lowest BCUT2D eigenvalue weighted by Crippen LogP contribution is -2.36. The highest BCUT2D eigenvalue weighted by atomic mass is 35.5. The molecule has 1 fully saturated rings. The van der Waals surface area contributed by atoms with Gasteiger partial charge in [0.2, 0.25) is 10.0 Å². The summed E-state index contributed by atoms with van der Waals surface area (Å²) in [4.78, 5) is -0.489. The first-order valence-corrected chi connectivity index (χ1v) is 8.00. The van der Waals surface area contributed by atoms with E-state index in [2.05, 4.69) is 0 Å². The molecule has 1 aromatic carbocycles. The summed E-state index contributed by atoms with van der Waals surface area (Å²) in [7, 11) is -3.98. The SMILES string of the molecule is CC1CN(S(=O)(=O)c2cc(N)cc(Cl)c2F)CCCO1. The Labute approximate surface area is 122 Å². The van der Waals surface area contributed by atoms with Crippen molar-refractivity contribution in [3.05, 3.63) is 23.0 Å². The second-order valence-corrected chi connectivity index (χ2v) is 7.03. The molecule has 5 nitrogen and oxygen atoms in total. The van der Waals surface area contributed by atoms with Crippen molar-refractivity contribution in [2.45, 2.75) is 24.3 Å². The zero-order valence-corrected chi connectivity index (χ0v) is 12.5. The Morgan fingerprint density at radius 2 is 2.20 bits per heavy atom. The van der Waals surface area contributed by atoms with Gasteiger partial charge in [-0.2, -0.15) is 4.31 Å².